The first-order valence-electron chi connectivity index (χ1n) is 6.03. The standard InChI is InChI=1S/C13H19N3O2/c1-15-6-5-10(8-15)16(2)12-7-9(13(17)18)3-4-11(12)14/h3-4,7,10H,5-6,8,14H2,1-2H3,(H,17,18). The molecule has 0 saturated carbocycles. The summed E-state index contributed by atoms with van der Waals surface area (Å²) in [6.07, 6.45) is 1.07. The van der Waals surface area contributed by atoms with Crippen LogP contribution in [0.4, 0.5) is 11.4 Å². The third-order valence-corrected chi connectivity index (χ3v) is 3.57. The maximum Gasteiger partial charge on any atom is 0.335 e. The molecule has 1 fully saturated rings. The SMILES string of the molecule is CN1CCC(N(C)c2cc(C(=O)O)ccc2N)C1. The van der Waals surface area contributed by atoms with Crippen molar-refractivity contribution in [3.8, 4) is 0 Å². The van der Waals surface area contributed by atoms with Crippen LogP contribution in [0.3, 0.4) is 0 Å². The van der Waals surface area contributed by atoms with Crippen LogP contribution in [0.25, 0.3) is 0 Å². The molecule has 1 unspecified atom stereocenters. The van der Waals surface area contributed by atoms with E-state index in [1.165, 1.54) is 6.07 Å². The molecule has 18 heavy (non-hydrogen) atoms. The number of carbonyl (C=O) groups is 1. The number of likely N-dealkylation sites (tertiary alicyclic amines) is 1. The molecule has 1 atom stereocenters. The van der Waals surface area contributed by atoms with Gasteiger partial charge in [0.05, 0.1) is 16.9 Å². The first-order chi connectivity index (χ1) is 8.49. The summed E-state index contributed by atoms with van der Waals surface area (Å²) in [6.45, 7) is 2.04. The fourth-order valence-corrected chi connectivity index (χ4v) is 2.41. The van der Waals surface area contributed by atoms with E-state index in [1.807, 2.05) is 7.05 Å². The molecule has 98 valence electrons. The number of anilines is 2. The Morgan fingerprint density at radius 3 is 2.83 bits per heavy atom. The van der Waals surface area contributed by atoms with Gasteiger partial charge < -0.3 is 20.6 Å². The average Bonchev–Trinajstić information content (AvgIpc) is 2.75. The highest BCUT2D eigenvalue weighted by atomic mass is 16.4. The lowest BCUT2D eigenvalue weighted by atomic mass is 10.1. The number of rotatable bonds is 3. The van der Waals surface area contributed by atoms with E-state index in [0.29, 0.717) is 11.7 Å². The van der Waals surface area contributed by atoms with Crippen molar-refractivity contribution in [2.24, 2.45) is 0 Å². The predicted octanol–water partition coefficient (Wildman–Crippen LogP) is 1.11. The fraction of sp³-hybridized carbons (Fsp3) is 0.462. The third-order valence-electron chi connectivity index (χ3n) is 3.57. The predicted molar refractivity (Wildman–Crippen MR) is 72.1 cm³/mol. The lowest BCUT2D eigenvalue weighted by Crippen LogP contribution is -2.34. The van der Waals surface area contributed by atoms with Crippen molar-refractivity contribution in [2.45, 2.75) is 12.5 Å². The summed E-state index contributed by atoms with van der Waals surface area (Å²) in [5, 5.41) is 9.02. The Balaban J connectivity index is 2.26. The number of aromatic carboxylic acids is 1. The summed E-state index contributed by atoms with van der Waals surface area (Å²) in [5.41, 5.74) is 7.64. The summed E-state index contributed by atoms with van der Waals surface area (Å²) < 4.78 is 0. The van der Waals surface area contributed by atoms with E-state index in [0.717, 1.165) is 25.2 Å². The highest BCUT2D eigenvalue weighted by Gasteiger charge is 2.24. The largest absolute Gasteiger partial charge is 0.478 e. The van der Waals surface area contributed by atoms with Crippen molar-refractivity contribution in [1.82, 2.24) is 4.90 Å². The van der Waals surface area contributed by atoms with Crippen molar-refractivity contribution < 1.29 is 9.90 Å². The second-order valence-electron chi connectivity index (χ2n) is 4.89. The Morgan fingerprint density at radius 1 is 1.56 bits per heavy atom. The van der Waals surface area contributed by atoms with Gasteiger partial charge in [0.1, 0.15) is 0 Å². The normalized spacial score (nSPS) is 20.0. The number of carboxylic acids is 1. The quantitative estimate of drug-likeness (QED) is 0.785. The van der Waals surface area contributed by atoms with Crippen LogP contribution in [0.1, 0.15) is 16.8 Å². The van der Waals surface area contributed by atoms with Crippen LogP contribution in [0.2, 0.25) is 0 Å². The van der Waals surface area contributed by atoms with Gasteiger partial charge in [0, 0.05) is 19.6 Å². The van der Waals surface area contributed by atoms with E-state index in [2.05, 4.69) is 16.8 Å². The van der Waals surface area contributed by atoms with E-state index < -0.39 is 5.97 Å². The molecule has 0 radical (unpaired) electrons. The van der Waals surface area contributed by atoms with Crippen LogP contribution in [-0.4, -0.2) is 49.2 Å². The van der Waals surface area contributed by atoms with E-state index in [-0.39, 0.29) is 5.56 Å². The van der Waals surface area contributed by atoms with Gasteiger partial charge in [-0.25, -0.2) is 4.79 Å². The Bertz CT molecular complexity index is 462. The highest BCUT2D eigenvalue weighted by Crippen LogP contribution is 2.27. The Hall–Kier alpha value is -1.75. The molecule has 5 heteroatoms. The van der Waals surface area contributed by atoms with Gasteiger partial charge in [0.25, 0.3) is 0 Å². The maximum atomic E-state index is 11.0. The molecule has 0 spiro atoms. The van der Waals surface area contributed by atoms with Crippen LogP contribution in [-0.2, 0) is 0 Å². The monoisotopic (exact) mass is 249 g/mol. The smallest absolute Gasteiger partial charge is 0.335 e. The molecule has 0 bridgehead atoms. The molecule has 1 heterocycles. The molecular weight excluding hydrogens is 230 g/mol. The van der Waals surface area contributed by atoms with Crippen LogP contribution in [0.15, 0.2) is 18.2 Å². The minimum atomic E-state index is -0.923. The van der Waals surface area contributed by atoms with Crippen molar-refractivity contribution in [1.29, 1.82) is 0 Å². The molecule has 1 saturated heterocycles. The third kappa shape index (κ3) is 2.41. The van der Waals surface area contributed by atoms with Gasteiger partial charge in [-0.1, -0.05) is 0 Å². The van der Waals surface area contributed by atoms with Crippen molar-refractivity contribution in [3.63, 3.8) is 0 Å². The van der Waals surface area contributed by atoms with Gasteiger partial charge >= 0.3 is 5.97 Å². The van der Waals surface area contributed by atoms with Crippen molar-refractivity contribution >= 4 is 17.3 Å². The number of benzene rings is 1. The topological polar surface area (TPSA) is 69.8 Å². The second-order valence-corrected chi connectivity index (χ2v) is 4.89. The van der Waals surface area contributed by atoms with E-state index in [9.17, 15) is 4.79 Å². The maximum absolute atomic E-state index is 11.0. The average molecular weight is 249 g/mol. The number of nitrogens with zero attached hydrogens (tertiary/aromatic N) is 2. The molecule has 2 rings (SSSR count). The summed E-state index contributed by atoms with van der Waals surface area (Å²) >= 11 is 0. The zero-order valence-corrected chi connectivity index (χ0v) is 10.8. The van der Waals surface area contributed by atoms with Gasteiger partial charge in [0.15, 0.2) is 0 Å². The van der Waals surface area contributed by atoms with E-state index in [1.54, 1.807) is 12.1 Å². The van der Waals surface area contributed by atoms with Gasteiger partial charge in [0.2, 0.25) is 0 Å². The molecule has 0 aromatic heterocycles. The number of nitrogens with two attached hydrogens (primary N) is 1. The van der Waals surface area contributed by atoms with Gasteiger partial charge in [-0.3, -0.25) is 0 Å². The molecule has 1 aliphatic heterocycles. The van der Waals surface area contributed by atoms with Crippen LogP contribution in [0, 0.1) is 0 Å². The van der Waals surface area contributed by atoms with E-state index >= 15 is 0 Å². The Kier molecular flexibility index (Phi) is 3.43. The Labute approximate surface area is 107 Å². The van der Waals surface area contributed by atoms with Gasteiger partial charge in [-0.2, -0.15) is 0 Å². The number of hydrogen-bond donors (Lipinski definition) is 2. The first kappa shape index (κ1) is 12.7. The fourth-order valence-electron chi connectivity index (χ4n) is 2.41. The van der Waals surface area contributed by atoms with Crippen molar-refractivity contribution in [3.05, 3.63) is 23.8 Å². The van der Waals surface area contributed by atoms with Gasteiger partial charge in [-0.15, -0.1) is 0 Å². The molecule has 0 aliphatic carbocycles. The van der Waals surface area contributed by atoms with Crippen LogP contribution >= 0.6 is 0 Å². The number of likely N-dealkylation sites (N-methyl/N-ethyl adjacent to an activating group) is 2. The van der Waals surface area contributed by atoms with Crippen molar-refractivity contribution in [2.75, 3.05) is 37.8 Å². The molecule has 5 nitrogen and oxygen atoms in total. The number of carboxylic acid groups (broad SMARTS) is 1. The first-order valence-corrected chi connectivity index (χ1v) is 6.03. The lowest BCUT2D eigenvalue weighted by molar-refractivity contribution is 0.0697. The molecule has 3 N–H and O–H groups in total. The van der Waals surface area contributed by atoms with Gasteiger partial charge in [-0.05, 0) is 38.2 Å². The Morgan fingerprint density at radius 2 is 2.28 bits per heavy atom. The number of nitrogen functional groups attached to an aromatic ring is 1. The molecular formula is C13H19N3O2. The zero-order valence-electron chi connectivity index (χ0n) is 10.8. The summed E-state index contributed by atoms with van der Waals surface area (Å²) in [5.74, 6) is -0.923. The minimum Gasteiger partial charge on any atom is -0.478 e. The number of hydrogen-bond acceptors (Lipinski definition) is 4. The zero-order chi connectivity index (χ0) is 13.3. The summed E-state index contributed by atoms with van der Waals surface area (Å²) in [4.78, 5) is 15.3. The molecule has 1 aliphatic rings. The summed E-state index contributed by atoms with van der Waals surface area (Å²) in [6, 6.07) is 5.24. The summed E-state index contributed by atoms with van der Waals surface area (Å²) in [7, 11) is 4.06. The van der Waals surface area contributed by atoms with Crippen LogP contribution < -0.4 is 10.6 Å². The second kappa shape index (κ2) is 4.86. The van der Waals surface area contributed by atoms with E-state index in [4.69, 9.17) is 10.8 Å². The van der Waals surface area contributed by atoms with Crippen LogP contribution in [0.5, 0.6) is 0 Å². The minimum absolute atomic E-state index is 0.275. The lowest BCUT2D eigenvalue weighted by Gasteiger charge is -2.28. The molecule has 0 amide bonds. The molecule has 1 aromatic rings. The molecule has 1 aromatic carbocycles. The highest BCUT2D eigenvalue weighted by molar-refractivity contribution is 5.90.